The number of amides is 1. The summed E-state index contributed by atoms with van der Waals surface area (Å²) in [5.41, 5.74) is 3.52. The van der Waals surface area contributed by atoms with Crippen molar-refractivity contribution in [2.24, 2.45) is 0 Å². The number of nitrogens with one attached hydrogen (secondary N) is 2. The lowest BCUT2D eigenvalue weighted by Gasteiger charge is -2.09. The molecule has 5 heteroatoms. The normalized spacial score (nSPS) is 12.2. The van der Waals surface area contributed by atoms with Gasteiger partial charge >= 0.3 is 0 Å². The van der Waals surface area contributed by atoms with E-state index in [4.69, 9.17) is 9.47 Å². The van der Waals surface area contributed by atoms with Crippen LogP contribution in [0.2, 0.25) is 0 Å². The maximum absolute atomic E-state index is 11.9. The third kappa shape index (κ3) is 4.26. The van der Waals surface area contributed by atoms with Crippen molar-refractivity contribution in [3.8, 4) is 11.5 Å². The van der Waals surface area contributed by atoms with Crippen LogP contribution in [0.3, 0.4) is 0 Å². The van der Waals surface area contributed by atoms with Gasteiger partial charge in [0.15, 0.2) is 11.5 Å². The minimum Gasteiger partial charge on any atom is -0.454 e. The molecule has 0 radical (unpaired) electrons. The molecule has 0 fully saturated rings. The molecule has 1 heterocycles. The number of ether oxygens (including phenoxy) is 2. The van der Waals surface area contributed by atoms with E-state index in [0.717, 1.165) is 23.6 Å². The highest BCUT2D eigenvalue weighted by molar-refractivity contribution is 5.76. The van der Waals surface area contributed by atoms with Gasteiger partial charge in [-0.2, -0.15) is 0 Å². The standard InChI is InChI=1S/C19H22N2O3/c1-14-4-2-3-5-16(14)12-20-9-8-19(22)21-11-15-6-7-17-18(10-15)24-13-23-17/h2-7,10,20H,8-9,11-13H2,1H3,(H,21,22). The number of hydrogen-bond donors (Lipinski definition) is 2. The van der Waals surface area contributed by atoms with Crippen LogP contribution in [0.4, 0.5) is 0 Å². The van der Waals surface area contributed by atoms with Gasteiger partial charge in [-0.15, -0.1) is 0 Å². The largest absolute Gasteiger partial charge is 0.454 e. The van der Waals surface area contributed by atoms with E-state index in [-0.39, 0.29) is 12.7 Å². The van der Waals surface area contributed by atoms with Gasteiger partial charge < -0.3 is 20.1 Å². The zero-order chi connectivity index (χ0) is 16.8. The Hall–Kier alpha value is -2.53. The molecule has 0 bridgehead atoms. The number of rotatable bonds is 7. The van der Waals surface area contributed by atoms with Crippen LogP contribution in [0.5, 0.6) is 11.5 Å². The van der Waals surface area contributed by atoms with Gasteiger partial charge in [0, 0.05) is 26.1 Å². The highest BCUT2D eigenvalue weighted by atomic mass is 16.7. The Bertz CT molecular complexity index is 716. The van der Waals surface area contributed by atoms with Gasteiger partial charge in [0.05, 0.1) is 0 Å². The minimum atomic E-state index is 0.0324. The second-order valence-electron chi connectivity index (χ2n) is 5.82. The highest BCUT2D eigenvalue weighted by Gasteiger charge is 2.13. The van der Waals surface area contributed by atoms with Gasteiger partial charge in [-0.3, -0.25) is 4.79 Å². The van der Waals surface area contributed by atoms with Crippen LogP contribution >= 0.6 is 0 Å². The zero-order valence-electron chi connectivity index (χ0n) is 13.8. The van der Waals surface area contributed by atoms with Crippen molar-refractivity contribution in [3.63, 3.8) is 0 Å². The number of aryl methyl sites for hydroxylation is 1. The van der Waals surface area contributed by atoms with E-state index in [1.807, 2.05) is 30.3 Å². The molecule has 5 nitrogen and oxygen atoms in total. The molecule has 0 saturated carbocycles. The van der Waals surface area contributed by atoms with Crippen molar-refractivity contribution in [2.45, 2.75) is 26.4 Å². The molecule has 0 unspecified atom stereocenters. The number of carbonyl (C=O) groups excluding carboxylic acids is 1. The minimum absolute atomic E-state index is 0.0324. The quantitative estimate of drug-likeness (QED) is 0.768. The molecule has 3 rings (SSSR count). The van der Waals surface area contributed by atoms with Gasteiger partial charge in [0.1, 0.15) is 0 Å². The summed E-state index contributed by atoms with van der Waals surface area (Å²) in [4.78, 5) is 11.9. The smallest absolute Gasteiger partial charge is 0.231 e. The average molecular weight is 326 g/mol. The molecule has 24 heavy (non-hydrogen) atoms. The summed E-state index contributed by atoms with van der Waals surface area (Å²) in [6.45, 7) is 4.28. The van der Waals surface area contributed by atoms with Crippen LogP contribution in [0.1, 0.15) is 23.1 Å². The van der Waals surface area contributed by atoms with Gasteiger partial charge in [0.2, 0.25) is 12.7 Å². The van der Waals surface area contributed by atoms with E-state index in [1.54, 1.807) is 0 Å². The molecule has 2 aromatic rings. The Morgan fingerprint density at radius 1 is 1.08 bits per heavy atom. The highest BCUT2D eigenvalue weighted by Crippen LogP contribution is 2.32. The fourth-order valence-corrected chi connectivity index (χ4v) is 2.57. The van der Waals surface area contributed by atoms with Crippen LogP contribution in [0, 0.1) is 6.92 Å². The molecule has 1 aliphatic rings. The average Bonchev–Trinajstić information content (AvgIpc) is 3.06. The third-order valence-electron chi connectivity index (χ3n) is 4.03. The lowest BCUT2D eigenvalue weighted by Crippen LogP contribution is -2.27. The first-order chi connectivity index (χ1) is 11.7. The third-order valence-corrected chi connectivity index (χ3v) is 4.03. The fourth-order valence-electron chi connectivity index (χ4n) is 2.57. The van der Waals surface area contributed by atoms with Gasteiger partial charge in [-0.1, -0.05) is 30.3 Å². The molecular weight excluding hydrogens is 304 g/mol. The predicted molar refractivity (Wildman–Crippen MR) is 91.9 cm³/mol. The number of fused-ring (bicyclic) bond motifs is 1. The predicted octanol–water partition coefficient (Wildman–Crippen LogP) is 2.52. The van der Waals surface area contributed by atoms with Crippen LogP contribution in [0.25, 0.3) is 0 Å². The molecule has 126 valence electrons. The summed E-state index contributed by atoms with van der Waals surface area (Å²) in [5.74, 6) is 1.53. The summed E-state index contributed by atoms with van der Waals surface area (Å²) in [5, 5.41) is 6.23. The van der Waals surface area contributed by atoms with Gasteiger partial charge in [-0.25, -0.2) is 0 Å². The molecule has 0 aromatic heterocycles. The summed E-state index contributed by atoms with van der Waals surface area (Å²) in [7, 11) is 0. The van der Waals surface area contributed by atoms with Gasteiger partial charge in [0.25, 0.3) is 0 Å². The lowest BCUT2D eigenvalue weighted by atomic mass is 10.1. The van der Waals surface area contributed by atoms with E-state index in [0.29, 0.717) is 19.5 Å². The molecular formula is C19H22N2O3. The second kappa shape index (κ2) is 7.84. The molecule has 0 aliphatic carbocycles. The summed E-state index contributed by atoms with van der Waals surface area (Å²) >= 11 is 0. The maximum Gasteiger partial charge on any atom is 0.231 e. The summed E-state index contributed by atoms with van der Waals surface area (Å²) < 4.78 is 10.6. The molecule has 2 aromatic carbocycles. The zero-order valence-corrected chi connectivity index (χ0v) is 13.8. The summed E-state index contributed by atoms with van der Waals surface area (Å²) in [6.07, 6.45) is 0.455. The number of benzene rings is 2. The van der Waals surface area contributed by atoms with Gasteiger partial charge in [-0.05, 0) is 35.7 Å². The van der Waals surface area contributed by atoms with E-state index in [1.165, 1.54) is 11.1 Å². The van der Waals surface area contributed by atoms with E-state index in [9.17, 15) is 4.79 Å². The second-order valence-corrected chi connectivity index (χ2v) is 5.82. The Morgan fingerprint density at radius 2 is 1.92 bits per heavy atom. The SMILES string of the molecule is Cc1ccccc1CNCCC(=O)NCc1ccc2c(c1)OCO2. The van der Waals surface area contributed by atoms with E-state index in [2.05, 4.69) is 29.7 Å². The first-order valence-electron chi connectivity index (χ1n) is 8.13. The number of hydrogen-bond acceptors (Lipinski definition) is 4. The monoisotopic (exact) mass is 326 g/mol. The Kier molecular flexibility index (Phi) is 5.33. The molecule has 1 aliphatic heterocycles. The molecule has 0 spiro atoms. The van der Waals surface area contributed by atoms with E-state index < -0.39 is 0 Å². The van der Waals surface area contributed by atoms with Crippen molar-refractivity contribution in [2.75, 3.05) is 13.3 Å². The first kappa shape index (κ1) is 16.3. The number of carbonyl (C=O) groups is 1. The summed E-state index contributed by atoms with van der Waals surface area (Å²) in [6, 6.07) is 14.0. The van der Waals surface area contributed by atoms with Crippen molar-refractivity contribution < 1.29 is 14.3 Å². The van der Waals surface area contributed by atoms with Crippen LogP contribution in [-0.4, -0.2) is 19.2 Å². The van der Waals surface area contributed by atoms with Crippen molar-refractivity contribution in [1.82, 2.24) is 10.6 Å². The van der Waals surface area contributed by atoms with Crippen molar-refractivity contribution >= 4 is 5.91 Å². The molecule has 0 atom stereocenters. The van der Waals surface area contributed by atoms with Crippen LogP contribution < -0.4 is 20.1 Å². The van der Waals surface area contributed by atoms with Crippen molar-refractivity contribution in [1.29, 1.82) is 0 Å². The van der Waals surface area contributed by atoms with Crippen LogP contribution in [-0.2, 0) is 17.9 Å². The maximum atomic E-state index is 11.9. The first-order valence-corrected chi connectivity index (χ1v) is 8.13. The van der Waals surface area contributed by atoms with E-state index >= 15 is 0 Å². The fraction of sp³-hybridized carbons (Fsp3) is 0.316. The Morgan fingerprint density at radius 3 is 2.79 bits per heavy atom. The molecule has 1 amide bonds. The van der Waals surface area contributed by atoms with Crippen LogP contribution in [0.15, 0.2) is 42.5 Å². The molecule has 2 N–H and O–H groups in total. The Balaban J connectivity index is 1.36. The lowest BCUT2D eigenvalue weighted by molar-refractivity contribution is -0.121. The van der Waals surface area contributed by atoms with Crippen molar-refractivity contribution in [3.05, 3.63) is 59.2 Å². The molecule has 0 saturated heterocycles. The topological polar surface area (TPSA) is 59.6 Å². The Labute approximate surface area is 142 Å².